The Bertz CT molecular complexity index is 177. The van der Waals surface area contributed by atoms with Gasteiger partial charge in [-0.1, -0.05) is 0 Å². The van der Waals surface area contributed by atoms with Gasteiger partial charge in [0.25, 0.3) is 0 Å². The van der Waals surface area contributed by atoms with Gasteiger partial charge in [0.2, 0.25) is 0 Å². The minimum Gasteiger partial charge on any atom is -0.300 e. The summed E-state index contributed by atoms with van der Waals surface area (Å²) in [5.41, 5.74) is 0. The molecule has 4 atom stereocenters. The van der Waals surface area contributed by atoms with E-state index < -0.39 is 0 Å². The summed E-state index contributed by atoms with van der Waals surface area (Å²) in [6, 6.07) is 0. The maximum absolute atomic E-state index is 11.2. The van der Waals surface area contributed by atoms with E-state index in [1.54, 1.807) is 0 Å². The number of hydrogen-bond donors (Lipinski definition) is 0. The SMILES string of the molecule is O=C1CC2CC2C2CC2C1. The number of fused-ring (bicyclic) bond motifs is 3. The van der Waals surface area contributed by atoms with Gasteiger partial charge in [-0.25, -0.2) is 0 Å². The first-order chi connectivity index (χ1) is 4.84. The first-order valence-electron chi connectivity index (χ1n) is 4.36. The van der Waals surface area contributed by atoms with E-state index in [-0.39, 0.29) is 0 Å². The Labute approximate surface area is 60.8 Å². The van der Waals surface area contributed by atoms with E-state index >= 15 is 0 Å². The minimum absolute atomic E-state index is 0.553. The number of carbonyl (C=O) groups is 1. The van der Waals surface area contributed by atoms with E-state index in [9.17, 15) is 4.79 Å². The van der Waals surface area contributed by atoms with Crippen LogP contribution in [0.4, 0.5) is 0 Å². The maximum Gasteiger partial charge on any atom is 0.133 e. The molecule has 0 amide bonds. The van der Waals surface area contributed by atoms with Crippen LogP contribution >= 0.6 is 0 Å². The number of rotatable bonds is 0. The van der Waals surface area contributed by atoms with Gasteiger partial charge in [0.05, 0.1) is 0 Å². The second kappa shape index (κ2) is 1.46. The third-order valence-electron chi connectivity index (χ3n) is 3.48. The zero-order valence-corrected chi connectivity index (χ0v) is 6.05. The lowest BCUT2D eigenvalue weighted by atomic mass is 10.1. The minimum atomic E-state index is 0.553. The molecule has 3 saturated carbocycles. The summed E-state index contributed by atoms with van der Waals surface area (Å²) in [5.74, 6) is 4.22. The summed E-state index contributed by atoms with van der Waals surface area (Å²) in [6.45, 7) is 0. The smallest absolute Gasteiger partial charge is 0.133 e. The van der Waals surface area contributed by atoms with Crippen LogP contribution in [-0.2, 0) is 4.79 Å². The summed E-state index contributed by atoms with van der Waals surface area (Å²) < 4.78 is 0. The molecular weight excluding hydrogens is 124 g/mol. The zero-order chi connectivity index (χ0) is 6.72. The van der Waals surface area contributed by atoms with Gasteiger partial charge in [-0.2, -0.15) is 0 Å². The van der Waals surface area contributed by atoms with E-state index in [1.165, 1.54) is 12.8 Å². The number of ketones is 1. The lowest BCUT2D eigenvalue weighted by molar-refractivity contribution is -0.119. The number of Topliss-reactive ketones (excluding diaryl/α,β-unsaturated/α-hetero) is 1. The standard InChI is InChI=1S/C9H12O/c10-7-1-5-3-8(5)9-4-6(9)2-7/h5-6,8-9H,1-4H2. The molecule has 0 spiro atoms. The fraction of sp³-hybridized carbons (Fsp3) is 0.889. The molecule has 3 aliphatic carbocycles. The molecule has 0 aromatic rings. The number of hydrogen-bond acceptors (Lipinski definition) is 1. The average Bonchev–Trinajstić information content (AvgIpc) is 2.57. The number of carbonyl (C=O) groups excluding carboxylic acids is 1. The van der Waals surface area contributed by atoms with E-state index in [1.807, 2.05) is 0 Å². The van der Waals surface area contributed by atoms with Crippen LogP contribution in [0, 0.1) is 23.7 Å². The molecule has 0 N–H and O–H groups in total. The van der Waals surface area contributed by atoms with Crippen LogP contribution in [0.5, 0.6) is 0 Å². The van der Waals surface area contributed by atoms with Crippen LogP contribution in [0.2, 0.25) is 0 Å². The molecule has 3 fully saturated rings. The molecular formula is C9H12O. The van der Waals surface area contributed by atoms with Crippen molar-refractivity contribution in [3.05, 3.63) is 0 Å². The van der Waals surface area contributed by atoms with Gasteiger partial charge in [0.1, 0.15) is 5.78 Å². The van der Waals surface area contributed by atoms with Crippen LogP contribution in [-0.4, -0.2) is 5.78 Å². The third-order valence-corrected chi connectivity index (χ3v) is 3.48. The summed E-state index contributed by atoms with van der Waals surface area (Å²) >= 11 is 0. The van der Waals surface area contributed by atoms with Gasteiger partial charge in [-0.3, -0.25) is 4.79 Å². The Morgan fingerprint density at radius 3 is 2.00 bits per heavy atom. The average molecular weight is 136 g/mol. The normalized spacial score (nSPS) is 56.6. The molecule has 0 aromatic heterocycles. The molecule has 0 radical (unpaired) electrons. The van der Waals surface area contributed by atoms with Crippen LogP contribution < -0.4 is 0 Å². The van der Waals surface area contributed by atoms with Gasteiger partial charge in [0.15, 0.2) is 0 Å². The lowest BCUT2D eigenvalue weighted by Crippen LogP contribution is -1.98. The van der Waals surface area contributed by atoms with Gasteiger partial charge < -0.3 is 0 Å². The van der Waals surface area contributed by atoms with Gasteiger partial charge in [-0.05, 0) is 36.5 Å². The second-order valence-corrected chi connectivity index (χ2v) is 4.27. The van der Waals surface area contributed by atoms with E-state index in [4.69, 9.17) is 0 Å². The molecule has 1 heteroatoms. The van der Waals surface area contributed by atoms with Crippen molar-refractivity contribution < 1.29 is 4.79 Å². The van der Waals surface area contributed by atoms with Gasteiger partial charge >= 0.3 is 0 Å². The molecule has 0 saturated heterocycles. The summed E-state index contributed by atoms with van der Waals surface area (Å²) in [4.78, 5) is 11.2. The molecule has 10 heavy (non-hydrogen) atoms. The van der Waals surface area contributed by atoms with E-state index in [2.05, 4.69) is 0 Å². The third kappa shape index (κ3) is 0.609. The van der Waals surface area contributed by atoms with Crippen LogP contribution in [0.15, 0.2) is 0 Å². The monoisotopic (exact) mass is 136 g/mol. The Morgan fingerprint density at radius 1 is 1.00 bits per heavy atom. The summed E-state index contributed by atoms with van der Waals surface area (Å²) in [5, 5.41) is 0. The van der Waals surface area contributed by atoms with Gasteiger partial charge in [0, 0.05) is 12.8 Å². The highest BCUT2D eigenvalue weighted by Gasteiger charge is 2.56. The Morgan fingerprint density at radius 2 is 1.50 bits per heavy atom. The van der Waals surface area contributed by atoms with Gasteiger partial charge in [-0.15, -0.1) is 0 Å². The van der Waals surface area contributed by atoms with Crippen molar-refractivity contribution in [3.63, 3.8) is 0 Å². The summed E-state index contributed by atoms with van der Waals surface area (Å²) in [6.07, 6.45) is 4.62. The quantitative estimate of drug-likeness (QED) is 0.494. The molecule has 3 aliphatic rings. The summed E-state index contributed by atoms with van der Waals surface area (Å²) in [7, 11) is 0. The molecule has 0 bridgehead atoms. The zero-order valence-electron chi connectivity index (χ0n) is 6.05. The van der Waals surface area contributed by atoms with Crippen molar-refractivity contribution in [2.45, 2.75) is 25.7 Å². The Balaban J connectivity index is 1.85. The first-order valence-corrected chi connectivity index (χ1v) is 4.36. The van der Waals surface area contributed by atoms with Crippen LogP contribution in [0.3, 0.4) is 0 Å². The molecule has 0 heterocycles. The second-order valence-electron chi connectivity index (χ2n) is 4.27. The molecule has 0 aromatic carbocycles. The highest BCUT2D eigenvalue weighted by molar-refractivity contribution is 5.80. The lowest BCUT2D eigenvalue weighted by Gasteiger charge is -1.92. The molecule has 1 nitrogen and oxygen atoms in total. The molecule has 0 aliphatic heterocycles. The van der Waals surface area contributed by atoms with Crippen molar-refractivity contribution >= 4 is 5.78 Å². The molecule has 54 valence electrons. The van der Waals surface area contributed by atoms with E-state index in [0.717, 1.165) is 36.5 Å². The van der Waals surface area contributed by atoms with Crippen molar-refractivity contribution in [2.24, 2.45) is 23.7 Å². The highest BCUT2D eigenvalue weighted by atomic mass is 16.1. The fourth-order valence-electron chi connectivity index (χ4n) is 2.73. The fourth-order valence-corrected chi connectivity index (χ4v) is 2.73. The van der Waals surface area contributed by atoms with Crippen molar-refractivity contribution in [1.82, 2.24) is 0 Å². The van der Waals surface area contributed by atoms with Crippen molar-refractivity contribution in [1.29, 1.82) is 0 Å². The predicted octanol–water partition coefficient (Wildman–Crippen LogP) is 1.62. The topological polar surface area (TPSA) is 17.1 Å². The highest BCUT2D eigenvalue weighted by Crippen LogP contribution is 2.62. The van der Waals surface area contributed by atoms with E-state index in [0.29, 0.717) is 5.78 Å². The first kappa shape index (κ1) is 5.34. The van der Waals surface area contributed by atoms with Crippen LogP contribution in [0.1, 0.15) is 25.7 Å². The molecule has 3 rings (SSSR count). The predicted molar refractivity (Wildman–Crippen MR) is 37.4 cm³/mol. The van der Waals surface area contributed by atoms with Crippen molar-refractivity contribution in [3.8, 4) is 0 Å². The van der Waals surface area contributed by atoms with Crippen LogP contribution in [0.25, 0.3) is 0 Å². The molecule has 4 unspecified atom stereocenters. The Hall–Kier alpha value is -0.330. The Kier molecular flexibility index (Phi) is 0.781. The maximum atomic E-state index is 11.2. The largest absolute Gasteiger partial charge is 0.300 e. The van der Waals surface area contributed by atoms with Crippen molar-refractivity contribution in [2.75, 3.05) is 0 Å².